The fourth-order valence-corrected chi connectivity index (χ4v) is 2.89. The molecule has 22 heavy (non-hydrogen) atoms. The maximum atomic E-state index is 12.6. The summed E-state index contributed by atoms with van der Waals surface area (Å²) < 4.78 is 0. The smallest absolute Gasteiger partial charge is 0.283 e. The second-order valence-corrected chi connectivity index (χ2v) is 5.84. The van der Waals surface area contributed by atoms with Crippen LogP contribution in [0.25, 0.3) is 0 Å². The molecule has 1 amide bonds. The summed E-state index contributed by atoms with van der Waals surface area (Å²) in [6.07, 6.45) is 1.96. The summed E-state index contributed by atoms with van der Waals surface area (Å²) in [5, 5.41) is 11.4. The standard InChI is InChI=1S/C15H20ClN3O3/c1-2-6-17-7-3-8-18(10-9-17)15(20)13-5-4-12(16)11-14(13)19(21)22/h4-5,11H,2-3,6-10H2,1H3. The number of halogens is 1. The molecule has 6 nitrogen and oxygen atoms in total. The minimum Gasteiger partial charge on any atom is -0.337 e. The molecule has 0 spiro atoms. The number of nitro groups is 1. The summed E-state index contributed by atoms with van der Waals surface area (Å²) in [6, 6.07) is 4.19. The molecule has 0 bridgehead atoms. The van der Waals surface area contributed by atoms with Crippen LogP contribution < -0.4 is 0 Å². The van der Waals surface area contributed by atoms with Crippen molar-refractivity contribution in [1.29, 1.82) is 0 Å². The molecule has 0 aliphatic carbocycles. The minimum absolute atomic E-state index is 0.110. The molecule has 2 rings (SSSR count). The van der Waals surface area contributed by atoms with Crippen molar-refractivity contribution in [2.45, 2.75) is 19.8 Å². The Morgan fingerprint density at radius 1 is 1.32 bits per heavy atom. The van der Waals surface area contributed by atoms with Gasteiger partial charge in [0.1, 0.15) is 5.56 Å². The molecule has 7 heteroatoms. The second-order valence-electron chi connectivity index (χ2n) is 5.41. The number of nitro benzene ring substituents is 1. The summed E-state index contributed by atoms with van der Waals surface area (Å²) in [7, 11) is 0. The van der Waals surface area contributed by atoms with E-state index in [9.17, 15) is 14.9 Å². The quantitative estimate of drug-likeness (QED) is 0.630. The van der Waals surface area contributed by atoms with Gasteiger partial charge in [0.2, 0.25) is 0 Å². The molecule has 1 heterocycles. The van der Waals surface area contributed by atoms with Crippen molar-refractivity contribution in [1.82, 2.24) is 9.80 Å². The third-order valence-corrected chi connectivity index (χ3v) is 4.04. The molecule has 1 fully saturated rings. The van der Waals surface area contributed by atoms with Crippen molar-refractivity contribution < 1.29 is 9.72 Å². The molecule has 1 aliphatic heterocycles. The maximum Gasteiger partial charge on any atom is 0.283 e. The Hall–Kier alpha value is -1.66. The van der Waals surface area contributed by atoms with Gasteiger partial charge in [-0.05, 0) is 38.1 Å². The molecule has 1 aromatic rings. The molecular formula is C15H20ClN3O3. The average Bonchev–Trinajstić information content (AvgIpc) is 2.72. The van der Waals surface area contributed by atoms with Crippen LogP contribution in [0.5, 0.6) is 0 Å². The lowest BCUT2D eigenvalue weighted by molar-refractivity contribution is -0.385. The Morgan fingerprint density at radius 3 is 2.77 bits per heavy atom. The third-order valence-electron chi connectivity index (χ3n) is 3.80. The lowest BCUT2D eigenvalue weighted by Crippen LogP contribution is -2.35. The molecule has 0 radical (unpaired) electrons. The van der Waals surface area contributed by atoms with Crippen molar-refractivity contribution in [2.75, 3.05) is 32.7 Å². The van der Waals surface area contributed by atoms with Gasteiger partial charge < -0.3 is 9.80 Å². The van der Waals surface area contributed by atoms with Crippen LogP contribution in [0.4, 0.5) is 5.69 Å². The fraction of sp³-hybridized carbons (Fsp3) is 0.533. The van der Waals surface area contributed by atoms with Crippen LogP contribution in [0.2, 0.25) is 5.02 Å². The molecule has 0 saturated carbocycles. The first-order chi connectivity index (χ1) is 10.5. The average molecular weight is 326 g/mol. The van der Waals surface area contributed by atoms with E-state index in [-0.39, 0.29) is 22.2 Å². The van der Waals surface area contributed by atoms with Gasteiger partial charge in [0, 0.05) is 30.7 Å². The van der Waals surface area contributed by atoms with Gasteiger partial charge in [-0.15, -0.1) is 0 Å². The van der Waals surface area contributed by atoms with Crippen molar-refractivity contribution in [2.24, 2.45) is 0 Å². The zero-order chi connectivity index (χ0) is 16.1. The third kappa shape index (κ3) is 3.96. The van der Waals surface area contributed by atoms with Crippen LogP contribution in [0, 0.1) is 10.1 Å². The van der Waals surface area contributed by atoms with Gasteiger partial charge in [0.15, 0.2) is 0 Å². The molecule has 0 atom stereocenters. The highest BCUT2D eigenvalue weighted by Crippen LogP contribution is 2.25. The molecule has 1 aromatic carbocycles. The summed E-state index contributed by atoms with van der Waals surface area (Å²) in [4.78, 5) is 27.2. The Labute approximate surface area is 134 Å². The van der Waals surface area contributed by atoms with Crippen LogP contribution >= 0.6 is 11.6 Å². The normalized spacial score (nSPS) is 16.4. The molecule has 0 N–H and O–H groups in total. The Morgan fingerprint density at radius 2 is 2.09 bits per heavy atom. The van der Waals surface area contributed by atoms with Crippen LogP contribution in [0.1, 0.15) is 30.1 Å². The van der Waals surface area contributed by atoms with Crippen LogP contribution in [-0.4, -0.2) is 53.4 Å². The Kier molecular flexibility index (Phi) is 5.74. The van der Waals surface area contributed by atoms with Crippen molar-refractivity contribution in [3.63, 3.8) is 0 Å². The van der Waals surface area contributed by atoms with Crippen LogP contribution in [0.3, 0.4) is 0 Å². The van der Waals surface area contributed by atoms with E-state index in [4.69, 9.17) is 11.6 Å². The highest BCUT2D eigenvalue weighted by Gasteiger charge is 2.26. The minimum atomic E-state index is -0.555. The van der Waals surface area contributed by atoms with E-state index >= 15 is 0 Å². The van der Waals surface area contributed by atoms with E-state index < -0.39 is 4.92 Å². The van der Waals surface area contributed by atoms with Gasteiger partial charge in [0.25, 0.3) is 11.6 Å². The number of carbonyl (C=O) groups is 1. The number of hydrogen-bond donors (Lipinski definition) is 0. The second kappa shape index (κ2) is 7.56. The van der Waals surface area contributed by atoms with Crippen LogP contribution in [0.15, 0.2) is 18.2 Å². The number of hydrogen-bond acceptors (Lipinski definition) is 4. The lowest BCUT2D eigenvalue weighted by Gasteiger charge is -2.21. The number of benzene rings is 1. The number of carbonyl (C=O) groups excluding carboxylic acids is 1. The molecular weight excluding hydrogens is 306 g/mol. The zero-order valence-electron chi connectivity index (χ0n) is 12.6. The van der Waals surface area contributed by atoms with Gasteiger partial charge >= 0.3 is 0 Å². The van der Waals surface area contributed by atoms with E-state index in [0.29, 0.717) is 13.1 Å². The fourth-order valence-electron chi connectivity index (χ4n) is 2.72. The largest absolute Gasteiger partial charge is 0.337 e. The molecule has 1 aliphatic rings. The Bertz CT molecular complexity index is 565. The van der Waals surface area contributed by atoms with E-state index in [1.807, 2.05) is 0 Å². The first-order valence-corrected chi connectivity index (χ1v) is 7.86. The van der Waals surface area contributed by atoms with Gasteiger partial charge in [-0.2, -0.15) is 0 Å². The summed E-state index contributed by atoms with van der Waals surface area (Å²) in [5.41, 5.74) is -0.120. The topological polar surface area (TPSA) is 66.7 Å². The number of rotatable bonds is 4. The highest BCUT2D eigenvalue weighted by atomic mass is 35.5. The Balaban J connectivity index is 2.16. The van der Waals surface area contributed by atoms with Crippen molar-refractivity contribution in [3.05, 3.63) is 38.9 Å². The predicted octanol–water partition coefficient (Wildman–Crippen LogP) is 2.81. The van der Waals surface area contributed by atoms with E-state index in [0.717, 1.165) is 32.5 Å². The summed E-state index contributed by atoms with van der Waals surface area (Å²) in [5.74, 6) is -0.290. The number of amides is 1. The summed E-state index contributed by atoms with van der Waals surface area (Å²) >= 11 is 5.80. The first kappa shape index (κ1) is 16.7. The molecule has 0 aromatic heterocycles. The van der Waals surface area contributed by atoms with Crippen molar-refractivity contribution in [3.8, 4) is 0 Å². The first-order valence-electron chi connectivity index (χ1n) is 7.48. The maximum absolute atomic E-state index is 12.6. The van der Waals surface area contributed by atoms with E-state index in [1.165, 1.54) is 18.2 Å². The molecule has 0 unspecified atom stereocenters. The monoisotopic (exact) mass is 325 g/mol. The zero-order valence-corrected chi connectivity index (χ0v) is 13.4. The molecule has 120 valence electrons. The lowest BCUT2D eigenvalue weighted by atomic mass is 10.1. The highest BCUT2D eigenvalue weighted by molar-refractivity contribution is 6.31. The van der Waals surface area contributed by atoms with Gasteiger partial charge in [0.05, 0.1) is 4.92 Å². The van der Waals surface area contributed by atoms with Crippen LogP contribution in [-0.2, 0) is 0 Å². The predicted molar refractivity (Wildman–Crippen MR) is 85.4 cm³/mol. The van der Waals surface area contributed by atoms with E-state index in [1.54, 1.807) is 4.90 Å². The van der Waals surface area contributed by atoms with Gasteiger partial charge in [-0.25, -0.2) is 0 Å². The SMILES string of the molecule is CCCN1CCCN(C(=O)c2ccc(Cl)cc2[N+](=O)[O-])CC1. The summed E-state index contributed by atoms with van der Waals surface area (Å²) in [6.45, 7) is 6.13. The molecule has 1 saturated heterocycles. The van der Waals surface area contributed by atoms with E-state index in [2.05, 4.69) is 11.8 Å². The van der Waals surface area contributed by atoms with Gasteiger partial charge in [-0.1, -0.05) is 18.5 Å². The van der Waals surface area contributed by atoms with Gasteiger partial charge in [-0.3, -0.25) is 14.9 Å². The number of nitrogens with zero attached hydrogens (tertiary/aromatic N) is 3. The van der Waals surface area contributed by atoms with Crippen molar-refractivity contribution >= 4 is 23.2 Å².